The zero-order valence-electron chi connectivity index (χ0n) is 9.41. The van der Waals surface area contributed by atoms with Gasteiger partial charge in [0.1, 0.15) is 5.84 Å². The van der Waals surface area contributed by atoms with E-state index in [2.05, 4.69) is 5.16 Å². The number of benzene rings is 1. The molecule has 17 heavy (non-hydrogen) atoms. The molecule has 1 saturated heterocycles. The van der Waals surface area contributed by atoms with Crippen molar-refractivity contribution in [3.05, 3.63) is 30.3 Å². The molecule has 0 spiro atoms. The minimum absolute atomic E-state index is 0.0714. The molecule has 1 fully saturated rings. The van der Waals surface area contributed by atoms with E-state index in [0.29, 0.717) is 19.4 Å². The van der Waals surface area contributed by atoms with Crippen LogP contribution < -0.4 is 10.6 Å². The Balaban J connectivity index is 2.19. The molecule has 0 radical (unpaired) electrons. The van der Waals surface area contributed by atoms with Crippen LogP contribution >= 0.6 is 0 Å². The monoisotopic (exact) mass is 233 g/mol. The average Bonchev–Trinajstić information content (AvgIpc) is 2.39. The number of nitrogens with two attached hydrogens (primary N) is 1. The summed E-state index contributed by atoms with van der Waals surface area (Å²) in [5.41, 5.74) is 6.45. The fraction of sp³-hybridized carbons (Fsp3) is 0.333. The molecule has 90 valence electrons. The lowest BCUT2D eigenvalue weighted by Gasteiger charge is -2.31. The predicted octanol–water partition coefficient (Wildman–Crippen LogP) is 1.18. The van der Waals surface area contributed by atoms with Crippen LogP contribution in [0.15, 0.2) is 35.5 Å². The van der Waals surface area contributed by atoms with Gasteiger partial charge < -0.3 is 15.8 Å². The molecular weight excluding hydrogens is 218 g/mol. The van der Waals surface area contributed by atoms with Crippen LogP contribution in [0.2, 0.25) is 0 Å². The Morgan fingerprint density at radius 2 is 2.12 bits per heavy atom. The van der Waals surface area contributed by atoms with E-state index in [4.69, 9.17) is 10.9 Å². The highest BCUT2D eigenvalue weighted by Gasteiger charge is 2.28. The van der Waals surface area contributed by atoms with Crippen molar-refractivity contribution in [2.24, 2.45) is 16.8 Å². The Morgan fingerprint density at radius 3 is 2.76 bits per heavy atom. The van der Waals surface area contributed by atoms with Crippen LogP contribution in [0.4, 0.5) is 5.69 Å². The van der Waals surface area contributed by atoms with Crippen molar-refractivity contribution in [3.63, 3.8) is 0 Å². The number of para-hydroxylation sites is 1. The summed E-state index contributed by atoms with van der Waals surface area (Å²) < 4.78 is 0. The topological polar surface area (TPSA) is 78.9 Å². The predicted molar refractivity (Wildman–Crippen MR) is 64.9 cm³/mol. The van der Waals surface area contributed by atoms with Gasteiger partial charge in [-0.1, -0.05) is 23.4 Å². The summed E-state index contributed by atoms with van der Waals surface area (Å²) in [6, 6.07) is 9.43. The number of rotatable bonds is 2. The summed E-state index contributed by atoms with van der Waals surface area (Å²) in [4.78, 5) is 13.5. The zero-order chi connectivity index (χ0) is 12.3. The second-order valence-corrected chi connectivity index (χ2v) is 4.10. The first-order chi connectivity index (χ1) is 8.22. The molecule has 1 atom stereocenters. The van der Waals surface area contributed by atoms with Gasteiger partial charge in [0.15, 0.2) is 0 Å². The van der Waals surface area contributed by atoms with E-state index in [9.17, 15) is 4.79 Å². The molecule has 0 bridgehead atoms. The lowest BCUT2D eigenvalue weighted by Crippen LogP contribution is -2.44. The third-order valence-electron chi connectivity index (χ3n) is 3.01. The number of hydrogen-bond donors (Lipinski definition) is 2. The minimum Gasteiger partial charge on any atom is -0.409 e. The molecule has 1 amide bonds. The van der Waals surface area contributed by atoms with Crippen LogP contribution in [0.3, 0.4) is 0 Å². The van der Waals surface area contributed by atoms with E-state index in [-0.39, 0.29) is 17.7 Å². The Bertz CT molecular complexity index is 431. The average molecular weight is 233 g/mol. The van der Waals surface area contributed by atoms with E-state index in [1.807, 2.05) is 30.3 Å². The first-order valence-electron chi connectivity index (χ1n) is 5.55. The summed E-state index contributed by atoms with van der Waals surface area (Å²) in [5, 5.41) is 11.7. The molecule has 2 rings (SSSR count). The van der Waals surface area contributed by atoms with Crippen LogP contribution in [0.5, 0.6) is 0 Å². The summed E-state index contributed by atoms with van der Waals surface area (Å²) in [6.45, 7) is 0.471. The Kier molecular flexibility index (Phi) is 3.27. The van der Waals surface area contributed by atoms with Crippen LogP contribution in [0.25, 0.3) is 0 Å². The molecule has 3 N–H and O–H groups in total. The normalized spacial score (nSPS) is 21.6. The molecule has 0 saturated carbocycles. The molecule has 1 aromatic carbocycles. The molecule has 1 aromatic rings. The number of carbonyl (C=O) groups excluding carboxylic acids is 1. The van der Waals surface area contributed by atoms with E-state index in [1.165, 1.54) is 0 Å². The summed E-state index contributed by atoms with van der Waals surface area (Å²) in [5.74, 6) is 0.203. The Labute approximate surface area is 99.5 Å². The SMILES string of the molecule is NC(=NO)[C@@H]1CCC(=O)N(c2ccccc2)C1. The van der Waals surface area contributed by atoms with Gasteiger partial charge in [-0.25, -0.2) is 0 Å². The molecule has 0 aromatic heterocycles. The van der Waals surface area contributed by atoms with Gasteiger partial charge in [-0.3, -0.25) is 4.79 Å². The second-order valence-electron chi connectivity index (χ2n) is 4.10. The van der Waals surface area contributed by atoms with Gasteiger partial charge in [0.05, 0.1) is 0 Å². The highest BCUT2D eigenvalue weighted by Crippen LogP contribution is 2.23. The molecule has 1 aliphatic rings. The molecule has 0 aliphatic carbocycles. The molecule has 5 heteroatoms. The van der Waals surface area contributed by atoms with E-state index < -0.39 is 0 Å². The van der Waals surface area contributed by atoms with Gasteiger partial charge in [0.25, 0.3) is 0 Å². The fourth-order valence-corrected chi connectivity index (χ4v) is 2.03. The van der Waals surface area contributed by atoms with Crippen molar-refractivity contribution in [3.8, 4) is 0 Å². The highest BCUT2D eigenvalue weighted by atomic mass is 16.4. The van der Waals surface area contributed by atoms with Crippen LogP contribution in [-0.2, 0) is 4.79 Å². The van der Waals surface area contributed by atoms with E-state index in [1.54, 1.807) is 4.90 Å². The number of anilines is 1. The maximum Gasteiger partial charge on any atom is 0.227 e. The highest BCUT2D eigenvalue weighted by molar-refractivity contribution is 5.96. The third kappa shape index (κ3) is 2.38. The first-order valence-corrected chi connectivity index (χ1v) is 5.55. The number of carbonyl (C=O) groups is 1. The molecule has 1 aliphatic heterocycles. The minimum atomic E-state index is -0.0714. The lowest BCUT2D eigenvalue weighted by atomic mass is 9.96. The largest absolute Gasteiger partial charge is 0.409 e. The van der Waals surface area contributed by atoms with Crippen molar-refractivity contribution in [2.45, 2.75) is 12.8 Å². The second kappa shape index (κ2) is 4.86. The van der Waals surface area contributed by atoms with Gasteiger partial charge in [0.2, 0.25) is 5.91 Å². The van der Waals surface area contributed by atoms with Crippen LogP contribution in [-0.4, -0.2) is 23.5 Å². The summed E-state index contributed by atoms with van der Waals surface area (Å²) in [7, 11) is 0. The van der Waals surface area contributed by atoms with Gasteiger partial charge in [-0.2, -0.15) is 0 Å². The number of amidine groups is 1. The Morgan fingerprint density at radius 1 is 1.41 bits per heavy atom. The van der Waals surface area contributed by atoms with Gasteiger partial charge >= 0.3 is 0 Å². The van der Waals surface area contributed by atoms with Crippen molar-refractivity contribution >= 4 is 17.4 Å². The van der Waals surface area contributed by atoms with Gasteiger partial charge in [-0.15, -0.1) is 0 Å². The van der Waals surface area contributed by atoms with E-state index in [0.717, 1.165) is 5.69 Å². The number of hydrogen-bond acceptors (Lipinski definition) is 3. The summed E-state index contributed by atoms with van der Waals surface area (Å²) in [6.07, 6.45) is 1.06. The standard InChI is InChI=1S/C12H15N3O2/c13-12(14-17)9-6-7-11(16)15(8-9)10-4-2-1-3-5-10/h1-5,9,17H,6-8H2,(H2,13,14)/t9-/m1/s1. The maximum absolute atomic E-state index is 11.8. The number of nitrogens with zero attached hydrogens (tertiary/aromatic N) is 2. The number of amides is 1. The van der Waals surface area contributed by atoms with Gasteiger partial charge in [-0.05, 0) is 18.6 Å². The third-order valence-corrected chi connectivity index (χ3v) is 3.01. The fourth-order valence-electron chi connectivity index (χ4n) is 2.03. The molecule has 5 nitrogen and oxygen atoms in total. The maximum atomic E-state index is 11.8. The smallest absolute Gasteiger partial charge is 0.227 e. The lowest BCUT2D eigenvalue weighted by molar-refractivity contribution is -0.119. The van der Waals surface area contributed by atoms with Crippen molar-refractivity contribution in [1.29, 1.82) is 0 Å². The van der Waals surface area contributed by atoms with Crippen molar-refractivity contribution < 1.29 is 10.0 Å². The molecule has 0 unspecified atom stereocenters. The molecule has 1 heterocycles. The number of oxime groups is 1. The van der Waals surface area contributed by atoms with Crippen molar-refractivity contribution in [2.75, 3.05) is 11.4 Å². The summed E-state index contributed by atoms with van der Waals surface area (Å²) >= 11 is 0. The van der Waals surface area contributed by atoms with Crippen LogP contribution in [0, 0.1) is 5.92 Å². The number of piperidine rings is 1. The molecular formula is C12H15N3O2. The first kappa shape index (κ1) is 11.4. The quantitative estimate of drug-likeness (QED) is 0.348. The van der Waals surface area contributed by atoms with Gasteiger partial charge in [0, 0.05) is 24.6 Å². The Hall–Kier alpha value is -2.04. The van der Waals surface area contributed by atoms with Crippen LogP contribution in [0.1, 0.15) is 12.8 Å². The van der Waals surface area contributed by atoms with E-state index >= 15 is 0 Å². The zero-order valence-corrected chi connectivity index (χ0v) is 9.41. The van der Waals surface area contributed by atoms with Crippen molar-refractivity contribution in [1.82, 2.24) is 0 Å².